The maximum absolute atomic E-state index is 13.5. The summed E-state index contributed by atoms with van der Waals surface area (Å²) in [5.41, 5.74) is 1.88. The van der Waals surface area contributed by atoms with Crippen molar-refractivity contribution in [2.24, 2.45) is 0 Å². The number of rotatable bonds is 2. The van der Waals surface area contributed by atoms with E-state index in [9.17, 15) is 14.0 Å². The van der Waals surface area contributed by atoms with Gasteiger partial charge in [0, 0.05) is 25.2 Å². The summed E-state index contributed by atoms with van der Waals surface area (Å²) in [5, 5.41) is 6.84. The Labute approximate surface area is 157 Å². The van der Waals surface area contributed by atoms with Gasteiger partial charge in [0.15, 0.2) is 11.5 Å². The first kappa shape index (κ1) is 16.4. The van der Waals surface area contributed by atoms with Crippen LogP contribution < -0.4 is 5.56 Å². The molecule has 0 fully saturated rings. The van der Waals surface area contributed by atoms with E-state index >= 15 is 0 Å². The highest BCUT2D eigenvalue weighted by atomic mass is 19.1. The third kappa shape index (κ3) is 2.59. The van der Waals surface area contributed by atoms with Gasteiger partial charge in [-0.1, -0.05) is 0 Å². The van der Waals surface area contributed by atoms with E-state index in [1.165, 1.54) is 22.8 Å². The quantitative estimate of drug-likeness (QED) is 0.575. The zero-order chi connectivity index (χ0) is 19.3. The Morgan fingerprint density at radius 2 is 2.18 bits per heavy atom. The molecule has 0 bridgehead atoms. The molecule has 5 heterocycles. The van der Waals surface area contributed by atoms with Crippen molar-refractivity contribution >= 4 is 11.6 Å². The average Bonchev–Trinajstić information content (AvgIpc) is 3.40. The van der Waals surface area contributed by atoms with Gasteiger partial charge in [-0.3, -0.25) is 19.1 Å². The topological polar surface area (TPSA) is 96.5 Å². The Hall–Kier alpha value is -3.75. The van der Waals surface area contributed by atoms with Crippen LogP contribution in [0.4, 0.5) is 4.39 Å². The number of amides is 1. The van der Waals surface area contributed by atoms with E-state index in [1.807, 2.05) is 0 Å². The highest BCUT2D eigenvalue weighted by molar-refractivity contribution is 5.93. The molecule has 0 atom stereocenters. The second-order valence-electron chi connectivity index (χ2n) is 6.54. The molecule has 1 N–H and O–H groups in total. The molecule has 9 heteroatoms. The maximum atomic E-state index is 13.5. The molecule has 0 spiro atoms. The van der Waals surface area contributed by atoms with Crippen molar-refractivity contribution in [2.45, 2.75) is 13.0 Å². The lowest BCUT2D eigenvalue weighted by atomic mass is 10.1. The van der Waals surface area contributed by atoms with E-state index in [1.54, 1.807) is 23.1 Å². The van der Waals surface area contributed by atoms with E-state index in [-0.39, 0.29) is 23.7 Å². The average molecular weight is 379 g/mol. The standard InChI is InChI=1S/C19H14FN5O3/c20-11-3-4-17-21-13-5-6-24(10-12(13)18(26)25(17)9-11)19(27)15-8-14(22-23-15)16-2-1-7-28-16/h1-4,7-9H,5-6,10H2,(H,22,23). The van der Waals surface area contributed by atoms with Crippen LogP contribution in [0.2, 0.25) is 0 Å². The number of pyridine rings is 1. The largest absolute Gasteiger partial charge is 0.463 e. The molecule has 28 heavy (non-hydrogen) atoms. The fourth-order valence-corrected chi connectivity index (χ4v) is 3.40. The fraction of sp³-hybridized carbons (Fsp3) is 0.158. The van der Waals surface area contributed by atoms with Crippen LogP contribution in [0.15, 0.2) is 52.0 Å². The predicted octanol–water partition coefficient (Wildman–Crippen LogP) is 2.02. The first-order valence-electron chi connectivity index (χ1n) is 8.68. The lowest BCUT2D eigenvalue weighted by Crippen LogP contribution is -2.40. The number of aromatic nitrogens is 4. The minimum atomic E-state index is -0.526. The number of carbonyl (C=O) groups is 1. The van der Waals surface area contributed by atoms with Crippen LogP contribution >= 0.6 is 0 Å². The number of furan rings is 1. The normalized spacial score (nSPS) is 13.7. The molecule has 0 unspecified atom stereocenters. The number of carbonyl (C=O) groups excluding carboxylic acids is 1. The summed E-state index contributed by atoms with van der Waals surface area (Å²) in [6, 6.07) is 7.84. The number of halogens is 1. The minimum Gasteiger partial charge on any atom is -0.463 e. The molecule has 4 aromatic heterocycles. The third-order valence-corrected chi connectivity index (χ3v) is 4.80. The lowest BCUT2D eigenvalue weighted by Gasteiger charge is -2.27. The summed E-state index contributed by atoms with van der Waals surface area (Å²) in [5.74, 6) is -0.253. The van der Waals surface area contributed by atoms with Gasteiger partial charge in [0.1, 0.15) is 17.2 Å². The Balaban J connectivity index is 1.47. The second kappa shape index (κ2) is 6.15. The van der Waals surface area contributed by atoms with Gasteiger partial charge in [0.05, 0.1) is 24.1 Å². The molecule has 5 rings (SSSR count). The molecular weight excluding hydrogens is 365 g/mol. The molecule has 4 aromatic rings. The third-order valence-electron chi connectivity index (χ3n) is 4.80. The van der Waals surface area contributed by atoms with E-state index in [0.29, 0.717) is 41.3 Å². The molecule has 1 amide bonds. The van der Waals surface area contributed by atoms with Crippen molar-refractivity contribution in [3.63, 3.8) is 0 Å². The van der Waals surface area contributed by atoms with Crippen LogP contribution in [-0.2, 0) is 13.0 Å². The summed E-state index contributed by atoms with van der Waals surface area (Å²) in [7, 11) is 0. The zero-order valence-corrected chi connectivity index (χ0v) is 14.6. The van der Waals surface area contributed by atoms with Crippen molar-refractivity contribution in [1.29, 1.82) is 0 Å². The number of H-pyrrole nitrogens is 1. The number of nitrogens with one attached hydrogen (secondary N) is 1. The molecule has 140 valence electrons. The van der Waals surface area contributed by atoms with Crippen LogP contribution in [0.1, 0.15) is 21.7 Å². The lowest BCUT2D eigenvalue weighted by molar-refractivity contribution is 0.0726. The molecule has 1 aliphatic heterocycles. The number of hydrogen-bond acceptors (Lipinski definition) is 5. The predicted molar refractivity (Wildman–Crippen MR) is 96.2 cm³/mol. The molecular formula is C19H14FN5O3. The van der Waals surface area contributed by atoms with Gasteiger partial charge in [-0.2, -0.15) is 5.10 Å². The minimum absolute atomic E-state index is 0.0996. The first-order chi connectivity index (χ1) is 13.6. The first-order valence-corrected chi connectivity index (χ1v) is 8.68. The number of aromatic amines is 1. The summed E-state index contributed by atoms with van der Waals surface area (Å²) in [6.45, 7) is 0.515. The molecule has 0 saturated heterocycles. The molecule has 1 aliphatic rings. The monoisotopic (exact) mass is 379 g/mol. The van der Waals surface area contributed by atoms with Crippen molar-refractivity contribution in [3.05, 3.63) is 75.9 Å². The van der Waals surface area contributed by atoms with E-state index < -0.39 is 5.82 Å². The second-order valence-corrected chi connectivity index (χ2v) is 6.54. The maximum Gasteiger partial charge on any atom is 0.274 e. The van der Waals surface area contributed by atoms with Crippen molar-refractivity contribution in [3.8, 4) is 11.5 Å². The molecule has 0 radical (unpaired) electrons. The zero-order valence-electron chi connectivity index (χ0n) is 14.6. The summed E-state index contributed by atoms with van der Waals surface area (Å²) in [6.07, 6.45) is 3.08. The van der Waals surface area contributed by atoms with Crippen LogP contribution in [0.25, 0.3) is 17.1 Å². The van der Waals surface area contributed by atoms with E-state index in [2.05, 4.69) is 15.2 Å². The molecule has 0 saturated carbocycles. The van der Waals surface area contributed by atoms with Crippen molar-refractivity contribution in [1.82, 2.24) is 24.5 Å². The smallest absolute Gasteiger partial charge is 0.274 e. The Kier molecular flexibility index (Phi) is 3.61. The van der Waals surface area contributed by atoms with Gasteiger partial charge < -0.3 is 9.32 Å². The Morgan fingerprint density at radius 1 is 1.29 bits per heavy atom. The van der Waals surface area contributed by atoms with Crippen molar-refractivity contribution in [2.75, 3.05) is 6.54 Å². The highest BCUT2D eigenvalue weighted by Crippen LogP contribution is 2.21. The summed E-state index contributed by atoms with van der Waals surface area (Å²) >= 11 is 0. The molecule has 0 aromatic carbocycles. The van der Waals surface area contributed by atoms with Gasteiger partial charge in [-0.15, -0.1) is 0 Å². The van der Waals surface area contributed by atoms with Crippen LogP contribution in [-0.4, -0.2) is 36.9 Å². The van der Waals surface area contributed by atoms with Crippen LogP contribution in [0.5, 0.6) is 0 Å². The highest BCUT2D eigenvalue weighted by Gasteiger charge is 2.27. The molecule has 0 aliphatic carbocycles. The van der Waals surface area contributed by atoms with E-state index in [4.69, 9.17) is 4.42 Å². The van der Waals surface area contributed by atoms with Crippen molar-refractivity contribution < 1.29 is 13.6 Å². The van der Waals surface area contributed by atoms with Gasteiger partial charge in [0.2, 0.25) is 0 Å². The SMILES string of the molecule is O=C(c1cc(-c2ccco2)[nH]n1)N1CCc2nc3ccc(F)cn3c(=O)c2C1. The summed E-state index contributed by atoms with van der Waals surface area (Å²) < 4.78 is 20.0. The van der Waals surface area contributed by atoms with Gasteiger partial charge in [-0.25, -0.2) is 9.37 Å². The van der Waals surface area contributed by atoms with Crippen LogP contribution in [0.3, 0.4) is 0 Å². The molecule has 8 nitrogen and oxygen atoms in total. The Bertz CT molecular complexity index is 1260. The number of nitrogens with zero attached hydrogens (tertiary/aromatic N) is 4. The number of hydrogen-bond donors (Lipinski definition) is 1. The van der Waals surface area contributed by atoms with Gasteiger partial charge in [-0.05, 0) is 24.3 Å². The van der Waals surface area contributed by atoms with E-state index in [0.717, 1.165) is 6.20 Å². The van der Waals surface area contributed by atoms with Gasteiger partial charge in [0.25, 0.3) is 11.5 Å². The fourth-order valence-electron chi connectivity index (χ4n) is 3.40. The van der Waals surface area contributed by atoms with Gasteiger partial charge >= 0.3 is 0 Å². The number of fused-ring (bicyclic) bond motifs is 2. The Morgan fingerprint density at radius 3 is 3.00 bits per heavy atom. The summed E-state index contributed by atoms with van der Waals surface area (Å²) in [4.78, 5) is 31.6. The van der Waals surface area contributed by atoms with Crippen LogP contribution in [0, 0.1) is 5.82 Å².